The molecule has 0 saturated heterocycles. The highest BCUT2D eigenvalue weighted by molar-refractivity contribution is 6.99. The summed E-state index contributed by atoms with van der Waals surface area (Å²) in [6, 6.07) is 30.1. The predicted molar refractivity (Wildman–Crippen MR) is 142 cm³/mol. The molecule has 3 nitrogen and oxygen atoms in total. The Labute approximate surface area is 199 Å². The van der Waals surface area contributed by atoms with Gasteiger partial charge >= 0.3 is 0 Å². The van der Waals surface area contributed by atoms with E-state index >= 15 is 0 Å². The van der Waals surface area contributed by atoms with Gasteiger partial charge in [0.15, 0.2) is 0 Å². The van der Waals surface area contributed by atoms with Gasteiger partial charge in [-0.2, -0.15) is 0 Å². The van der Waals surface area contributed by atoms with E-state index in [9.17, 15) is 0 Å². The fourth-order valence-electron chi connectivity index (χ4n) is 4.86. The normalized spacial score (nSPS) is 12.3. The number of fused-ring (bicyclic) bond motifs is 1. The smallest absolute Gasteiger partial charge is 0.261 e. The number of aryl methyl sites for hydroxylation is 1. The lowest BCUT2D eigenvalue weighted by molar-refractivity contribution is 0.286. The zero-order chi connectivity index (χ0) is 23.2. The van der Waals surface area contributed by atoms with Gasteiger partial charge in [-0.15, -0.1) is 0 Å². The van der Waals surface area contributed by atoms with E-state index in [2.05, 4.69) is 105 Å². The lowest BCUT2D eigenvalue weighted by Gasteiger charge is -2.43. The average molecular weight is 457 g/mol. The molecule has 0 aliphatic heterocycles. The molecule has 0 spiro atoms. The Morgan fingerprint density at radius 1 is 0.727 bits per heavy atom. The Hall–Kier alpha value is -2.69. The van der Waals surface area contributed by atoms with Gasteiger partial charge in [0.2, 0.25) is 0 Å². The summed E-state index contributed by atoms with van der Waals surface area (Å²) in [5.74, 6) is 1.10. The molecule has 1 N–H and O–H groups in total. The van der Waals surface area contributed by atoms with Crippen molar-refractivity contribution in [3.8, 4) is 0 Å². The summed E-state index contributed by atoms with van der Waals surface area (Å²) < 4.78 is 6.99. The van der Waals surface area contributed by atoms with Gasteiger partial charge in [-0.1, -0.05) is 106 Å². The van der Waals surface area contributed by atoms with Gasteiger partial charge in [-0.05, 0) is 40.4 Å². The molecule has 0 unspecified atom stereocenters. The third-order valence-corrected chi connectivity index (χ3v) is 11.5. The minimum atomic E-state index is -2.40. The second-order valence-corrected chi connectivity index (χ2v) is 14.2. The van der Waals surface area contributed by atoms with Crippen LogP contribution in [0.15, 0.2) is 84.9 Å². The summed E-state index contributed by atoms with van der Waals surface area (Å²) >= 11 is 0. The van der Waals surface area contributed by atoms with Crippen molar-refractivity contribution in [2.45, 2.75) is 57.9 Å². The highest BCUT2D eigenvalue weighted by Gasteiger charge is 2.49. The van der Waals surface area contributed by atoms with Crippen LogP contribution in [-0.2, 0) is 10.8 Å². The minimum absolute atomic E-state index is 0.0387. The van der Waals surface area contributed by atoms with Crippen LogP contribution < -0.4 is 10.4 Å². The molecule has 4 aromatic rings. The quantitative estimate of drug-likeness (QED) is 0.226. The molecule has 0 radical (unpaired) electrons. The number of para-hydroxylation sites is 2. The average Bonchev–Trinajstić information content (AvgIpc) is 3.24. The van der Waals surface area contributed by atoms with Gasteiger partial charge in [0.25, 0.3) is 8.32 Å². The first kappa shape index (κ1) is 23.5. The molecule has 0 aliphatic rings. The van der Waals surface area contributed by atoms with Gasteiger partial charge < -0.3 is 9.41 Å². The zero-order valence-corrected chi connectivity index (χ0v) is 21.2. The summed E-state index contributed by atoms with van der Waals surface area (Å²) in [5.41, 5.74) is 2.19. The third kappa shape index (κ3) is 5.28. The number of nitrogens with zero attached hydrogens (tertiary/aromatic N) is 1. The maximum Gasteiger partial charge on any atom is 0.261 e. The van der Waals surface area contributed by atoms with Crippen LogP contribution in [0.3, 0.4) is 0 Å². The Bertz CT molecular complexity index is 1060. The van der Waals surface area contributed by atoms with Crippen LogP contribution in [0.25, 0.3) is 11.0 Å². The van der Waals surface area contributed by atoms with Crippen LogP contribution >= 0.6 is 0 Å². The van der Waals surface area contributed by atoms with Crippen molar-refractivity contribution in [3.05, 3.63) is 90.8 Å². The number of unbranched alkanes of at least 4 members (excludes halogenated alkanes) is 3. The lowest BCUT2D eigenvalue weighted by Crippen LogP contribution is -2.66. The molecule has 33 heavy (non-hydrogen) atoms. The Kier molecular flexibility index (Phi) is 7.46. The Morgan fingerprint density at radius 3 is 1.91 bits per heavy atom. The summed E-state index contributed by atoms with van der Waals surface area (Å²) in [6.07, 6.45) is 5.62. The molecular formula is C29H36N2OSi. The second kappa shape index (κ2) is 10.5. The number of H-pyrrole nitrogens is 1. The van der Waals surface area contributed by atoms with Crippen LogP contribution in [0.2, 0.25) is 5.04 Å². The number of aromatic nitrogens is 2. The van der Waals surface area contributed by atoms with Crippen molar-refractivity contribution >= 4 is 29.7 Å². The molecule has 3 aromatic carbocycles. The largest absolute Gasteiger partial charge is 0.407 e. The first-order chi connectivity index (χ1) is 16.0. The van der Waals surface area contributed by atoms with Gasteiger partial charge in [0.05, 0.1) is 11.0 Å². The third-order valence-electron chi connectivity index (χ3n) is 6.48. The van der Waals surface area contributed by atoms with E-state index < -0.39 is 8.32 Å². The van der Waals surface area contributed by atoms with Crippen molar-refractivity contribution in [1.29, 1.82) is 0 Å². The van der Waals surface area contributed by atoms with Crippen LogP contribution in [0.4, 0.5) is 0 Å². The molecular weight excluding hydrogens is 420 g/mol. The number of aromatic amines is 1. The summed E-state index contributed by atoms with van der Waals surface area (Å²) in [6.45, 7) is 7.82. The fourth-order valence-corrected chi connectivity index (χ4v) is 9.46. The van der Waals surface area contributed by atoms with Crippen molar-refractivity contribution in [3.63, 3.8) is 0 Å². The molecule has 4 rings (SSSR count). The fraction of sp³-hybridized carbons (Fsp3) is 0.345. The summed E-state index contributed by atoms with van der Waals surface area (Å²) in [4.78, 5) is 8.14. The van der Waals surface area contributed by atoms with E-state index in [1.54, 1.807) is 0 Å². The second-order valence-electron chi connectivity index (χ2n) is 9.88. The standard InChI is InChI=1S/C29H36N2OSi/c1-29(2,3)33(24-16-8-6-9-17-24,25-18-10-7-11-19-25)32-23-15-5-4-12-22-28-30-26-20-13-14-21-27(26)31-28/h6-11,13-14,16-21H,4-5,12,15,22-23H2,1-3H3,(H,30,31). The van der Waals surface area contributed by atoms with Crippen LogP contribution in [-0.4, -0.2) is 24.9 Å². The van der Waals surface area contributed by atoms with Gasteiger partial charge in [-0.25, -0.2) is 4.98 Å². The van der Waals surface area contributed by atoms with Crippen molar-refractivity contribution in [1.82, 2.24) is 9.97 Å². The molecule has 0 atom stereocenters. The van der Waals surface area contributed by atoms with E-state index in [0.717, 1.165) is 42.7 Å². The molecule has 0 aliphatic carbocycles. The number of benzene rings is 3. The van der Waals surface area contributed by atoms with E-state index in [1.807, 2.05) is 6.07 Å². The molecule has 1 aromatic heterocycles. The maximum absolute atomic E-state index is 6.99. The topological polar surface area (TPSA) is 37.9 Å². The molecule has 172 valence electrons. The predicted octanol–water partition coefficient (Wildman–Crippen LogP) is 6.24. The Balaban J connectivity index is 1.36. The Morgan fingerprint density at radius 2 is 1.30 bits per heavy atom. The molecule has 0 fully saturated rings. The summed E-state index contributed by atoms with van der Waals surface area (Å²) in [7, 11) is -2.40. The van der Waals surface area contributed by atoms with E-state index in [4.69, 9.17) is 9.41 Å². The molecule has 0 saturated carbocycles. The van der Waals surface area contributed by atoms with Crippen molar-refractivity contribution in [2.24, 2.45) is 0 Å². The monoisotopic (exact) mass is 456 g/mol. The SMILES string of the molecule is CC(C)(C)[Si](OCCCCCCc1nc2ccccc2[nH]1)(c1ccccc1)c1ccccc1. The van der Waals surface area contributed by atoms with E-state index in [0.29, 0.717) is 0 Å². The van der Waals surface area contributed by atoms with Crippen molar-refractivity contribution < 1.29 is 4.43 Å². The molecule has 0 amide bonds. The number of rotatable bonds is 10. The highest BCUT2D eigenvalue weighted by atomic mass is 28.4. The van der Waals surface area contributed by atoms with Crippen LogP contribution in [0.1, 0.15) is 52.3 Å². The van der Waals surface area contributed by atoms with Crippen LogP contribution in [0.5, 0.6) is 0 Å². The first-order valence-electron chi connectivity index (χ1n) is 12.2. The van der Waals surface area contributed by atoms with Gasteiger partial charge in [-0.3, -0.25) is 0 Å². The lowest BCUT2D eigenvalue weighted by atomic mass is 10.1. The zero-order valence-electron chi connectivity index (χ0n) is 20.2. The first-order valence-corrected chi connectivity index (χ1v) is 14.1. The van der Waals surface area contributed by atoms with Gasteiger partial charge in [0, 0.05) is 13.0 Å². The number of nitrogens with one attached hydrogen (secondary N) is 1. The van der Waals surface area contributed by atoms with E-state index in [1.165, 1.54) is 23.2 Å². The number of hydrogen-bond donors (Lipinski definition) is 1. The number of imidazole rings is 1. The molecule has 1 heterocycles. The van der Waals surface area contributed by atoms with Crippen LogP contribution in [0, 0.1) is 0 Å². The van der Waals surface area contributed by atoms with E-state index in [-0.39, 0.29) is 5.04 Å². The summed E-state index contributed by atoms with van der Waals surface area (Å²) in [5, 5.41) is 2.75. The highest BCUT2D eigenvalue weighted by Crippen LogP contribution is 2.36. The van der Waals surface area contributed by atoms with Crippen molar-refractivity contribution in [2.75, 3.05) is 6.61 Å². The molecule has 0 bridgehead atoms. The van der Waals surface area contributed by atoms with Gasteiger partial charge in [0.1, 0.15) is 5.82 Å². The minimum Gasteiger partial charge on any atom is -0.407 e. The molecule has 4 heteroatoms. The number of hydrogen-bond acceptors (Lipinski definition) is 2. The maximum atomic E-state index is 6.99.